The highest BCUT2D eigenvalue weighted by Gasteiger charge is 2.08. The van der Waals surface area contributed by atoms with Gasteiger partial charge >= 0.3 is 0 Å². The van der Waals surface area contributed by atoms with Crippen molar-refractivity contribution in [2.24, 2.45) is 0 Å². The minimum atomic E-state index is 1.01. The Morgan fingerprint density at radius 2 is 1.95 bits per heavy atom. The van der Waals surface area contributed by atoms with Gasteiger partial charge in [-0.15, -0.1) is 11.3 Å². The second-order valence-electron chi connectivity index (χ2n) is 5.47. The van der Waals surface area contributed by atoms with Gasteiger partial charge in [0.05, 0.1) is 0 Å². The summed E-state index contributed by atoms with van der Waals surface area (Å²) in [7, 11) is 6.49. The predicted octanol–water partition coefficient (Wildman–Crippen LogP) is 2.55. The van der Waals surface area contributed by atoms with Crippen molar-refractivity contribution in [2.75, 3.05) is 40.8 Å². The zero-order chi connectivity index (χ0) is 14.3. The van der Waals surface area contributed by atoms with E-state index in [2.05, 4.69) is 56.2 Å². The van der Waals surface area contributed by atoms with Crippen LogP contribution < -0.4 is 5.32 Å². The Balaban J connectivity index is 2.40. The van der Waals surface area contributed by atoms with E-state index in [0.29, 0.717) is 0 Å². The summed E-state index contributed by atoms with van der Waals surface area (Å²) in [6, 6.07) is 2.37. The molecule has 1 aromatic heterocycles. The smallest absolute Gasteiger partial charge is 0.0299 e. The zero-order valence-corrected chi connectivity index (χ0v) is 13.9. The Kier molecular flexibility index (Phi) is 7.61. The largest absolute Gasteiger partial charge is 0.312 e. The molecule has 1 N–H and O–H groups in total. The highest BCUT2D eigenvalue weighted by Crippen LogP contribution is 2.22. The lowest BCUT2D eigenvalue weighted by Gasteiger charge is -2.18. The van der Waals surface area contributed by atoms with E-state index in [9.17, 15) is 0 Å². The zero-order valence-electron chi connectivity index (χ0n) is 13.1. The Bertz CT molecular complexity index is 360. The molecule has 0 aromatic carbocycles. The first-order valence-corrected chi connectivity index (χ1v) is 7.96. The van der Waals surface area contributed by atoms with Gasteiger partial charge in [-0.1, -0.05) is 6.92 Å². The lowest BCUT2D eigenvalue weighted by molar-refractivity contribution is 0.294. The molecule has 3 nitrogen and oxygen atoms in total. The molecule has 4 heteroatoms. The number of hydrogen-bond donors (Lipinski definition) is 1. The number of aryl methyl sites for hydroxylation is 1. The normalized spacial score (nSPS) is 11.7. The van der Waals surface area contributed by atoms with Crippen molar-refractivity contribution in [1.82, 2.24) is 15.1 Å². The van der Waals surface area contributed by atoms with E-state index < -0.39 is 0 Å². The third-order valence-corrected chi connectivity index (χ3v) is 4.30. The second-order valence-corrected chi connectivity index (χ2v) is 6.81. The van der Waals surface area contributed by atoms with Crippen LogP contribution >= 0.6 is 11.3 Å². The van der Waals surface area contributed by atoms with E-state index in [1.807, 2.05) is 11.3 Å². The molecule has 0 saturated heterocycles. The highest BCUT2D eigenvalue weighted by molar-refractivity contribution is 7.12. The van der Waals surface area contributed by atoms with Crippen LogP contribution in [-0.2, 0) is 13.1 Å². The molecule has 0 spiro atoms. The van der Waals surface area contributed by atoms with E-state index in [4.69, 9.17) is 0 Å². The Hall–Kier alpha value is -0.420. The highest BCUT2D eigenvalue weighted by atomic mass is 32.1. The van der Waals surface area contributed by atoms with Crippen molar-refractivity contribution in [2.45, 2.75) is 33.4 Å². The van der Waals surface area contributed by atoms with E-state index in [1.165, 1.54) is 28.3 Å². The molecule has 1 aromatic rings. The maximum atomic E-state index is 3.40. The number of rotatable bonds is 9. The molecule has 0 aliphatic heterocycles. The minimum absolute atomic E-state index is 1.01. The number of hydrogen-bond acceptors (Lipinski definition) is 4. The molecule has 110 valence electrons. The molecule has 0 radical (unpaired) electrons. The molecule has 1 rings (SSSR count). The SMILES string of the molecule is CCNCc1cc(CN(C)CCCN(C)C)c(C)s1. The molecule has 0 fully saturated rings. The maximum Gasteiger partial charge on any atom is 0.0299 e. The quantitative estimate of drug-likeness (QED) is 0.751. The molecule has 1 heterocycles. The number of nitrogens with zero attached hydrogens (tertiary/aromatic N) is 2. The monoisotopic (exact) mass is 283 g/mol. The van der Waals surface area contributed by atoms with E-state index >= 15 is 0 Å². The van der Waals surface area contributed by atoms with Crippen LogP contribution in [0.2, 0.25) is 0 Å². The average molecular weight is 283 g/mol. The molecule has 0 aliphatic carbocycles. The van der Waals surface area contributed by atoms with Gasteiger partial charge in [-0.05, 0) is 65.8 Å². The van der Waals surface area contributed by atoms with Crippen molar-refractivity contribution >= 4 is 11.3 Å². The van der Waals surface area contributed by atoms with Gasteiger partial charge < -0.3 is 15.1 Å². The first-order chi connectivity index (χ1) is 9.02. The van der Waals surface area contributed by atoms with E-state index in [-0.39, 0.29) is 0 Å². The Labute approximate surface area is 122 Å². The van der Waals surface area contributed by atoms with Gasteiger partial charge in [0.25, 0.3) is 0 Å². The van der Waals surface area contributed by atoms with Crippen molar-refractivity contribution in [3.05, 3.63) is 21.4 Å². The van der Waals surface area contributed by atoms with Crippen LogP contribution in [0.25, 0.3) is 0 Å². The summed E-state index contributed by atoms with van der Waals surface area (Å²) in [5.74, 6) is 0. The molecule has 0 saturated carbocycles. The predicted molar refractivity (Wildman–Crippen MR) is 85.9 cm³/mol. The van der Waals surface area contributed by atoms with Crippen LogP contribution in [0.4, 0.5) is 0 Å². The lowest BCUT2D eigenvalue weighted by Crippen LogP contribution is -2.23. The third-order valence-electron chi connectivity index (χ3n) is 3.21. The van der Waals surface area contributed by atoms with Gasteiger partial charge in [0, 0.05) is 22.8 Å². The molecule has 0 aliphatic rings. The van der Waals surface area contributed by atoms with Crippen molar-refractivity contribution in [3.8, 4) is 0 Å². The van der Waals surface area contributed by atoms with Gasteiger partial charge in [0.15, 0.2) is 0 Å². The van der Waals surface area contributed by atoms with Gasteiger partial charge in [-0.3, -0.25) is 0 Å². The first-order valence-electron chi connectivity index (χ1n) is 7.15. The summed E-state index contributed by atoms with van der Waals surface area (Å²) in [5.41, 5.74) is 1.49. The fraction of sp³-hybridized carbons (Fsp3) is 0.733. The first kappa shape index (κ1) is 16.6. The van der Waals surface area contributed by atoms with Gasteiger partial charge in [-0.25, -0.2) is 0 Å². The fourth-order valence-electron chi connectivity index (χ4n) is 2.11. The minimum Gasteiger partial charge on any atom is -0.312 e. The number of thiophene rings is 1. The molecule has 0 atom stereocenters. The van der Waals surface area contributed by atoms with E-state index in [1.54, 1.807) is 0 Å². The molecule has 19 heavy (non-hydrogen) atoms. The Morgan fingerprint density at radius 1 is 1.21 bits per heavy atom. The van der Waals surface area contributed by atoms with Gasteiger partial charge in [0.2, 0.25) is 0 Å². The van der Waals surface area contributed by atoms with Crippen molar-refractivity contribution in [3.63, 3.8) is 0 Å². The summed E-state index contributed by atoms with van der Waals surface area (Å²) in [4.78, 5) is 7.59. The summed E-state index contributed by atoms with van der Waals surface area (Å²) in [6.45, 7) is 9.84. The standard InChI is InChI=1S/C15H29N3S/c1-6-16-11-15-10-14(13(2)19-15)12-18(5)9-7-8-17(3)4/h10,16H,6-9,11-12H2,1-5H3. The van der Waals surface area contributed by atoms with Crippen LogP contribution in [0.1, 0.15) is 28.7 Å². The molecule has 0 unspecified atom stereocenters. The number of nitrogens with one attached hydrogen (secondary N) is 1. The van der Waals surface area contributed by atoms with Crippen LogP contribution in [0.15, 0.2) is 6.07 Å². The van der Waals surface area contributed by atoms with Crippen LogP contribution in [0, 0.1) is 6.92 Å². The van der Waals surface area contributed by atoms with Gasteiger partial charge in [0.1, 0.15) is 0 Å². The molecular weight excluding hydrogens is 254 g/mol. The second kappa shape index (κ2) is 8.69. The molecular formula is C15H29N3S. The van der Waals surface area contributed by atoms with Crippen LogP contribution in [-0.4, -0.2) is 50.6 Å². The van der Waals surface area contributed by atoms with Crippen LogP contribution in [0.3, 0.4) is 0 Å². The Morgan fingerprint density at radius 3 is 2.58 bits per heavy atom. The van der Waals surface area contributed by atoms with Gasteiger partial charge in [-0.2, -0.15) is 0 Å². The fourth-order valence-corrected chi connectivity index (χ4v) is 3.13. The third kappa shape index (κ3) is 6.52. The van der Waals surface area contributed by atoms with E-state index in [0.717, 1.165) is 26.2 Å². The molecule has 0 bridgehead atoms. The summed E-state index contributed by atoms with van der Waals surface area (Å²) in [5, 5.41) is 3.40. The maximum absolute atomic E-state index is 3.40. The van der Waals surface area contributed by atoms with Crippen molar-refractivity contribution in [1.29, 1.82) is 0 Å². The van der Waals surface area contributed by atoms with Crippen LogP contribution in [0.5, 0.6) is 0 Å². The summed E-state index contributed by atoms with van der Waals surface area (Å²) >= 11 is 1.93. The molecule has 0 amide bonds. The lowest BCUT2D eigenvalue weighted by atomic mass is 10.2. The summed E-state index contributed by atoms with van der Waals surface area (Å²) < 4.78 is 0. The van der Waals surface area contributed by atoms with Crippen molar-refractivity contribution < 1.29 is 0 Å². The average Bonchev–Trinajstić information content (AvgIpc) is 2.67. The summed E-state index contributed by atoms with van der Waals surface area (Å²) in [6.07, 6.45) is 1.23. The topological polar surface area (TPSA) is 18.5 Å².